The van der Waals surface area contributed by atoms with E-state index in [1.807, 2.05) is 19.0 Å². The molecule has 9 nitrogen and oxygen atoms in total. The van der Waals surface area contributed by atoms with Gasteiger partial charge in [0.25, 0.3) is 0 Å². The van der Waals surface area contributed by atoms with Gasteiger partial charge in [0.05, 0.1) is 11.6 Å². The zero-order valence-electron chi connectivity index (χ0n) is 20.1. The number of likely N-dealkylation sites (N-methyl/N-ethyl adjacent to an activating group) is 1. The minimum atomic E-state index is -2.57. The first-order valence-corrected chi connectivity index (χ1v) is 11.1. The number of nitrogens with zero attached hydrogens (tertiary/aromatic N) is 2. The van der Waals surface area contributed by atoms with Crippen LogP contribution in [0, 0.1) is 11.3 Å². The van der Waals surface area contributed by atoms with Gasteiger partial charge in [0.2, 0.25) is 5.78 Å². The van der Waals surface area contributed by atoms with E-state index in [1.54, 1.807) is 32.0 Å². The number of phenolic OH excluding ortho intramolecular Hbond substituents is 1. The molecule has 4 N–H and O–H groups in total. The average Bonchev–Trinajstić information content (AvgIpc) is 2.69. The van der Waals surface area contributed by atoms with Crippen molar-refractivity contribution in [3.05, 3.63) is 45.9 Å². The van der Waals surface area contributed by atoms with Gasteiger partial charge in [-0.1, -0.05) is 6.92 Å². The van der Waals surface area contributed by atoms with Crippen molar-refractivity contribution in [3.8, 4) is 5.75 Å². The molecule has 3 aliphatic carbocycles. The maximum absolute atomic E-state index is 13.7. The van der Waals surface area contributed by atoms with Gasteiger partial charge in [-0.2, -0.15) is 0 Å². The van der Waals surface area contributed by atoms with Gasteiger partial charge in [0, 0.05) is 36.7 Å². The molecular formula is C25H30N2O7. The molecule has 0 amide bonds. The summed E-state index contributed by atoms with van der Waals surface area (Å²) in [7, 11) is 6.90. The van der Waals surface area contributed by atoms with E-state index in [9.17, 15) is 34.8 Å². The van der Waals surface area contributed by atoms with Gasteiger partial charge in [-0.3, -0.25) is 19.3 Å². The number of rotatable bonds is 3. The fourth-order valence-corrected chi connectivity index (χ4v) is 6.13. The number of carbonyl (C=O) groups is 3. The SMILES string of the molecule is CC(=O)C1=C(O)[C@@H](N(C)C)[C@@H]2C[C@]3(C)Cc4c(N(C)C)ccc(O)c4C(=O)C3=C(O)[C@]2(O)C1=O. The quantitative estimate of drug-likeness (QED) is 0.486. The highest BCUT2D eigenvalue weighted by atomic mass is 16.3. The molecule has 1 aromatic rings. The van der Waals surface area contributed by atoms with Crippen LogP contribution in [0.3, 0.4) is 0 Å². The lowest BCUT2D eigenvalue weighted by molar-refractivity contribution is -0.150. The van der Waals surface area contributed by atoms with Crippen LogP contribution in [0.1, 0.15) is 36.2 Å². The Labute approximate surface area is 197 Å². The number of phenols is 1. The minimum Gasteiger partial charge on any atom is -0.510 e. The molecule has 0 fully saturated rings. The van der Waals surface area contributed by atoms with E-state index in [0.29, 0.717) is 5.56 Å². The number of aliphatic hydroxyl groups is 3. The van der Waals surface area contributed by atoms with Crippen molar-refractivity contribution in [3.63, 3.8) is 0 Å². The maximum Gasteiger partial charge on any atom is 0.209 e. The number of aromatic hydroxyl groups is 1. The average molecular weight is 471 g/mol. The predicted octanol–water partition coefficient (Wildman–Crippen LogP) is 1.68. The Morgan fingerprint density at radius 2 is 1.71 bits per heavy atom. The number of Topliss-reactive ketones (excluding diaryl/α,β-unsaturated/α-hetero) is 3. The fourth-order valence-electron chi connectivity index (χ4n) is 6.13. The number of anilines is 1. The van der Waals surface area contributed by atoms with Gasteiger partial charge < -0.3 is 25.3 Å². The van der Waals surface area contributed by atoms with E-state index in [0.717, 1.165) is 12.6 Å². The molecule has 0 heterocycles. The van der Waals surface area contributed by atoms with Crippen LogP contribution >= 0.6 is 0 Å². The lowest BCUT2D eigenvalue weighted by atomic mass is 9.53. The summed E-state index contributed by atoms with van der Waals surface area (Å²) < 4.78 is 0. The highest BCUT2D eigenvalue weighted by Gasteiger charge is 2.65. The molecule has 4 atom stereocenters. The molecule has 0 radical (unpaired) electrons. The highest BCUT2D eigenvalue weighted by Crippen LogP contribution is 2.58. The highest BCUT2D eigenvalue weighted by molar-refractivity contribution is 6.25. The van der Waals surface area contributed by atoms with Crippen LogP contribution in [-0.4, -0.2) is 82.5 Å². The third kappa shape index (κ3) is 2.89. The summed E-state index contributed by atoms with van der Waals surface area (Å²) in [6.07, 6.45) is 0.320. The van der Waals surface area contributed by atoms with E-state index < -0.39 is 57.4 Å². The number of hydrogen-bond acceptors (Lipinski definition) is 9. The molecule has 3 aliphatic rings. The summed E-state index contributed by atoms with van der Waals surface area (Å²) >= 11 is 0. The Morgan fingerprint density at radius 3 is 2.24 bits per heavy atom. The Hall–Kier alpha value is -3.17. The van der Waals surface area contributed by atoms with Gasteiger partial charge in [0.1, 0.15) is 22.8 Å². The molecule has 4 rings (SSSR count). The Bertz CT molecular complexity index is 1210. The van der Waals surface area contributed by atoms with Crippen LogP contribution in [0.2, 0.25) is 0 Å². The second-order valence-corrected chi connectivity index (χ2v) is 10.3. The van der Waals surface area contributed by atoms with E-state index in [2.05, 4.69) is 0 Å². The Kier molecular flexibility index (Phi) is 5.23. The molecule has 1 aromatic carbocycles. The summed E-state index contributed by atoms with van der Waals surface area (Å²) in [6.45, 7) is 2.86. The standard InChI is InChI=1S/C25H30N2O7/c1-11(28)16-21(31)19(27(5)6)13-10-24(2)9-12-14(26(3)4)7-8-15(29)17(12)20(30)18(24)23(33)25(13,34)22(16)32/h7-8,13,19,29,31,33-34H,9-10H2,1-6H3/t13-,19-,24-,25+/m0/s1. The summed E-state index contributed by atoms with van der Waals surface area (Å²) in [5.74, 6) is -5.11. The smallest absolute Gasteiger partial charge is 0.209 e. The lowest BCUT2D eigenvalue weighted by Crippen LogP contribution is -2.64. The summed E-state index contributed by atoms with van der Waals surface area (Å²) in [5.41, 5.74) is -2.97. The first-order chi connectivity index (χ1) is 15.7. The van der Waals surface area contributed by atoms with Gasteiger partial charge in [0.15, 0.2) is 17.2 Å². The summed E-state index contributed by atoms with van der Waals surface area (Å²) in [4.78, 5) is 42.8. The van der Waals surface area contributed by atoms with E-state index in [1.165, 1.54) is 6.07 Å². The second kappa shape index (κ2) is 7.41. The zero-order valence-corrected chi connectivity index (χ0v) is 20.1. The van der Waals surface area contributed by atoms with Crippen molar-refractivity contribution in [1.82, 2.24) is 4.90 Å². The molecule has 0 aliphatic heterocycles. The van der Waals surface area contributed by atoms with Crippen molar-refractivity contribution in [2.75, 3.05) is 33.1 Å². The first kappa shape index (κ1) is 24.0. The van der Waals surface area contributed by atoms with Crippen molar-refractivity contribution in [2.45, 2.75) is 38.3 Å². The topological polar surface area (TPSA) is 139 Å². The van der Waals surface area contributed by atoms with Crippen LogP contribution in [0.4, 0.5) is 5.69 Å². The van der Waals surface area contributed by atoms with Gasteiger partial charge >= 0.3 is 0 Å². The van der Waals surface area contributed by atoms with Crippen molar-refractivity contribution in [2.24, 2.45) is 11.3 Å². The molecule has 0 aromatic heterocycles. The number of hydrogen-bond donors (Lipinski definition) is 4. The van der Waals surface area contributed by atoms with E-state index in [-0.39, 0.29) is 29.7 Å². The number of aliphatic hydroxyl groups excluding tert-OH is 2. The van der Waals surface area contributed by atoms with E-state index >= 15 is 0 Å². The normalized spacial score (nSPS) is 30.8. The summed E-state index contributed by atoms with van der Waals surface area (Å²) in [5, 5.41) is 44.6. The van der Waals surface area contributed by atoms with Gasteiger partial charge in [-0.05, 0) is 51.6 Å². The molecule has 34 heavy (non-hydrogen) atoms. The molecule has 0 saturated heterocycles. The second-order valence-electron chi connectivity index (χ2n) is 10.3. The zero-order chi connectivity index (χ0) is 25.5. The summed E-state index contributed by atoms with van der Waals surface area (Å²) in [6, 6.07) is 2.16. The lowest BCUT2D eigenvalue weighted by Gasteiger charge is -2.53. The predicted molar refractivity (Wildman–Crippen MR) is 124 cm³/mol. The van der Waals surface area contributed by atoms with Gasteiger partial charge in [-0.25, -0.2) is 0 Å². The van der Waals surface area contributed by atoms with Crippen molar-refractivity contribution < 1.29 is 34.8 Å². The third-order valence-corrected chi connectivity index (χ3v) is 7.58. The van der Waals surface area contributed by atoms with Crippen LogP contribution in [0.5, 0.6) is 5.75 Å². The van der Waals surface area contributed by atoms with E-state index in [4.69, 9.17) is 0 Å². The Balaban J connectivity index is 2.03. The van der Waals surface area contributed by atoms with Crippen LogP contribution < -0.4 is 4.90 Å². The van der Waals surface area contributed by atoms with Crippen LogP contribution in [-0.2, 0) is 16.0 Å². The van der Waals surface area contributed by atoms with Crippen LogP contribution in [0.25, 0.3) is 0 Å². The molecule has 0 saturated carbocycles. The number of allylic oxidation sites excluding steroid dienone is 1. The molecule has 182 valence electrons. The molecule has 9 heteroatoms. The maximum atomic E-state index is 13.7. The van der Waals surface area contributed by atoms with Gasteiger partial charge in [-0.15, -0.1) is 0 Å². The Morgan fingerprint density at radius 1 is 1.09 bits per heavy atom. The largest absolute Gasteiger partial charge is 0.510 e. The first-order valence-electron chi connectivity index (χ1n) is 11.1. The monoisotopic (exact) mass is 470 g/mol. The minimum absolute atomic E-state index is 0.0184. The fraction of sp³-hybridized carbons (Fsp3) is 0.480. The molecule has 0 spiro atoms. The van der Waals surface area contributed by atoms with Crippen molar-refractivity contribution >= 4 is 23.0 Å². The van der Waals surface area contributed by atoms with Crippen molar-refractivity contribution in [1.29, 1.82) is 0 Å². The number of carbonyl (C=O) groups excluding carboxylic acids is 3. The molecule has 0 unspecified atom stereocenters. The molecular weight excluding hydrogens is 440 g/mol. The molecule has 0 bridgehead atoms. The number of ketones is 3. The van der Waals surface area contributed by atoms with Crippen LogP contribution in [0.15, 0.2) is 34.8 Å². The third-order valence-electron chi connectivity index (χ3n) is 7.58. The number of benzene rings is 1. The number of fused-ring (bicyclic) bond motifs is 3.